The monoisotopic (exact) mass is 478 g/mol. The summed E-state index contributed by atoms with van der Waals surface area (Å²) < 4.78 is 24.1. The Morgan fingerprint density at radius 1 is 1.18 bits per heavy atom. The van der Waals surface area contributed by atoms with Gasteiger partial charge < -0.3 is 14.3 Å². The van der Waals surface area contributed by atoms with Crippen molar-refractivity contribution in [2.75, 3.05) is 12.0 Å². The van der Waals surface area contributed by atoms with Crippen LogP contribution in [-0.2, 0) is 9.53 Å². The van der Waals surface area contributed by atoms with Crippen LogP contribution in [-0.4, -0.2) is 34.9 Å². The molecule has 1 amide bonds. The Bertz CT molecular complexity index is 1470. The lowest BCUT2D eigenvalue weighted by Crippen LogP contribution is -2.31. The minimum atomic E-state index is -1.07. The quantitative estimate of drug-likeness (QED) is 0.330. The molecule has 3 heterocycles. The van der Waals surface area contributed by atoms with E-state index >= 15 is 0 Å². The number of thiazole rings is 1. The zero-order valence-electron chi connectivity index (χ0n) is 17.5. The maximum Gasteiger partial charge on any atom is 0.337 e. The summed E-state index contributed by atoms with van der Waals surface area (Å²) in [5, 5.41) is 10.9. The van der Waals surface area contributed by atoms with Gasteiger partial charge in [-0.15, -0.1) is 0 Å². The van der Waals surface area contributed by atoms with E-state index in [1.54, 1.807) is 12.1 Å². The minimum Gasteiger partial charge on any atom is -0.503 e. The van der Waals surface area contributed by atoms with Gasteiger partial charge in [-0.05, 0) is 48.0 Å². The van der Waals surface area contributed by atoms with Gasteiger partial charge in [-0.3, -0.25) is 14.5 Å². The summed E-state index contributed by atoms with van der Waals surface area (Å²) in [5.41, 5.74) is 0.964. The second-order valence-corrected chi connectivity index (χ2v) is 8.38. The predicted molar refractivity (Wildman–Crippen MR) is 120 cm³/mol. The Balaban J connectivity index is 1.66. The van der Waals surface area contributed by atoms with E-state index in [1.807, 2.05) is 0 Å². The Hall–Kier alpha value is -4.31. The second-order valence-electron chi connectivity index (χ2n) is 7.37. The van der Waals surface area contributed by atoms with Crippen molar-refractivity contribution in [3.8, 4) is 0 Å². The number of hydrogen-bond donors (Lipinski definition) is 1. The predicted octanol–water partition coefficient (Wildman–Crippen LogP) is 4.60. The molecule has 0 unspecified atom stereocenters. The highest BCUT2D eigenvalue weighted by atomic mass is 32.1. The molecule has 0 saturated heterocycles. The van der Waals surface area contributed by atoms with Gasteiger partial charge >= 0.3 is 5.97 Å². The molecule has 0 fully saturated rings. The van der Waals surface area contributed by atoms with Gasteiger partial charge in [0.05, 0.1) is 40.8 Å². The van der Waals surface area contributed by atoms with E-state index in [-0.39, 0.29) is 22.0 Å². The lowest BCUT2D eigenvalue weighted by Gasteiger charge is -2.24. The smallest absolute Gasteiger partial charge is 0.337 e. The number of aliphatic hydroxyl groups excluding tert-OH is 1. The highest BCUT2D eigenvalue weighted by molar-refractivity contribution is 7.22. The number of ether oxygens (including phenoxy) is 1. The molecule has 8 nitrogen and oxygen atoms in total. The van der Waals surface area contributed by atoms with Gasteiger partial charge in [0.2, 0.25) is 5.78 Å². The summed E-state index contributed by atoms with van der Waals surface area (Å²) in [4.78, 5) is 43.9. The molecule has 0 aliphatic carbocycles. The Labute approximate surface area is 195 Å². The molecule has 2 aromatic heterocycles. The van der Waals surface area contributed by atoms with Crippen molar-refractivity contribution in [3.05, 3.63) is 94.9 Å². The lowest BCUT2D eigenvalue weighted by atomic mass is 9.94. The Morgan fingerprint density at radius 2 is 1.94 bits per heavy atom. The van der Waals surface area contributed by atoms with Crippen LogP contribution in [0.1, 0.15) is 32.5 Å². The van der Waals surface area contributed by atoms with E-state index in [9.17, 15) is 23.9 Å². The zero-order chi connectivity index (χ0) is 24.0. The van der Waals surface area contributed by atoms with Crippen LogP contribution in [0.4, 0.5) is 9.52 Å². The van der Waals surface area contributed by atoms with Crippen LogP contribution in [0.3, 0.4) is 0 Å². The normalized spacial score (nSPS) is 15.9. The largest absolute Gasteiger partial charge is 0.503 e. The average molecular weight is 478 g/mol. The molecule has 1 atom stereocenters. The summed E-state index contributed by atoms with van der Waals surface area (Å²) in [6.07, 6.45) is 1.31. The number of ketones is 1. The number of halogens is 1. The number of carbonyl (C=O) groups excluding carboxylic acids is 3. The number of aliphatic hydroxyl groups is 1. The number of hydrogen-bond acceptors (Lipinski definition) is 8. The number of rotatable bonds is 5. The van der Waals surface area contributed by atoms with Gasteiger partial charge in [-0.2, -0.15) is 0 Å². The standard InChI is InChI=1S/C24H15FN2O6S/c1-32-23(31)13-6-4-12(5-7-13)19-18(20(28)16-3-2-10-33-16)21(29)22(30)27(19)24-26-15-9-8-14(25)11-17(15)34-24/h2-11,19,29H,1H3/t19-/m1/s1. The molecule has 34 heavy (non-hydrogen) atoms. The highest BCUT2D eigenvalue weighted by Crippen LogP contribution is 2.44. The SMILES string of the molecule is COC(=O)c1ccc([C@@H]2C(C(=O)c3ccco3)=C(O)C(=O)N2c2nc3ccc(F)cc3s2)cc1. The lowest BCUT2D eigenvalue weighted by molar-refractivity contribution is -0.117. The molecule has 2 aromatic carbocycles. The molecule has 0 spiro atoms. The fourth-order valence-electron chi connectivity index (χ4n) is 3.80. The van der Waals surface area contributed by atoms with Crippen molar-refractivity contribution in [2.24, 2.45) is 0 Å². The van der Waals surface area contributed by atoms with Gasteiger partial charge in [0.1, 0.15) is 5.82 Å². The van der Waals surface area contributed by atoms with E-state index in [4.69, 9.17) is 9.15 Å². The summed E-state index contributed by atoms with van der Waals surface area (Å²) >= 11 is 1.04. The third-order valence-corrected chi connectivity index (χ3v) is 6.41. The Morgan fingerprint density at radius 3 is 2.62 bits per heavy atom. The third kappa shape index (κ3) is 3.44. The van der Waals surface area contributed by atoms with Crippen molar-refractivity contribution in [1.82, 2.24) is 4.98 Å². The fourth-order valence-corrected chi connectivity index (χ4v) is 4.82. The topological polar surface area (TPSA) is 110 Å². The van der Waals surface area contributed by atoms with Gasteiger partial charge in [-0.1, -0.05) is 23.5 Å². The van der Waals surface area contributed by atoms with Crippen LogP contribution in [0.15, 0.2) is 76.6 Å². The van der Waals surface area contributed by atoms with Gasteiger partial charge in [-0.25, -0.2) is 14.2 Å². The molecule has 5 rings (SSSR count). The van der Waals surface area contributed by atoms with Crippen molar-refractivity contribution in [2.45, 2.75) is 6.04 Å². The number of furan rings is 1. The maximum atomic E-state index is 13.7. The van der Waals surface area contributed by atoms with Crippen molar-refractivity contribution >= 4 is 44.3 Å². The first-order chi connectivity index (χ1) is 16.4. The average Bonchev–Trinajstić information content (AvgIpc) is 3.57. The molecule has 1 aliphatic heterocycles. The number of methoxy groups -OCH3 is 1. The zero-order valence-corrected chi connectivity index (χ0v) is 18.3. The molecule has 0 bridgehead atoms. The molecule has 0 radical (unpaired) electrons. The third-order valence-electron chi connectivity index (χ3n) is 5.39. The Kier molecular flexibility index (Phi) is 5.21. The van der Waals surface area contributed by atoms with Gasteiger partial charge in [0.15, 0.2) is 16.7 Å². The molecular formula is C24H15FN2O6S. The number of nitrogens with zero attached hydrogens (tertiary/aromatic N) is 2. The van der Waals surface area contributed by atoms with E-state index in [2.05, 4.69) is 4.98 Å². The molecule has 10 heteroatoms. The number of anilines is 1. The van der Waals surface area contributed by atoms with Crippen LogP contribution < -0.4 is 4.90 Å². The molecule has 1 aliphatic rings. The maximum absolute atomic E-state index is 13.7. The van der Waals surface area contributed by atoms with Gasteiger partial charge in [0, 0.05) is 0 Å². The fraction of sp³-hybridized carbons (Fsp3) is 0.0833. The van der Waals surface area contributed by atoms with Gasteiger partial charge in [0.25, 0.3) is 5.91 Å². The number of aromatic nitrogens is 1. The molecule has 0 saturated carbocycles. The van der Waals surface area contributed by atoms with E-state index < -0.39 is 35.3 Å². The van der Waals surface area contributed by atoms with Crippen molar-refractivity contribution in [3.63, 3.8) is 0 Å². The van der Waals surface area contributed by atoms with Crippen LogP contribution in [0, 0.1) is 5.82 Å². The van der Waals surface area contributed by atoms with E-state index in [0.29, 0.717) is 15.8 Å². The molecule has 4 aromatic rings. The first-order valence-electron chi connectivity index (χ1n) is 9.98. The molecule has 170 valence electrons. The number of amides is 1. The van der Waals surface area contributed by atoms with Crippen LogP contribution in [0.2, 0.25) is 0 Å². The number of Topliss-reactive ketones (excluding diaryl/α,β-unsaturated/α-hetero) is 1. The second kappa shape index (κ2) is 8.23. The number of carbonyl (C=O) groups is 3. The molecule has 1 N–H and O–H groups in total. The summed E-state index contributed by atoms with van der Waals surface area (Å²) in [5.74, 6) is -3.32. The van der Waals surface area contributed by atoms with Crippen LogP contribution in [0.25, 0.3) is 10.2 Å². The number of esters is 1. The first-order valence-corrected chi connectivity index (χ1v) is 10.8. The van der Waals surface area contributed by atoms with E-state index in [1.165, 1.54) is 60.7 Å². The van der Waals surface area contributed by atoms with Crippen LogP contribution >= 0.6 is 11.3 Å². The summed E-state index contributed by atoms with van der Waals surface area (Å²) in [7, 11) is 1.25. The first kappa shape index (κ1) is 21.5. The van der Waals surface area contributed by atoms with Crippen LogP contribution in [0.5, 0.6) is 0 Å². The minimum absolute atomic E-state index is 0.0567. The van der Waals surface area contributed by atoms with Crippen molar-refractivity contribution in [1.29, 1.82) is 0 Å². The van der Waals surface area contributed by atoms with Crippen molar-refractivity contribution < 1.29 is 33.0 Å². The summed E-state index contributed by atoms with van der Waals surface area (Å²) in [6, 6.07) is 12.0. The highest BCUT2D eigenvalue weighted by Gasteiger charge is 2.46. The van der Waals surface area contributed by atoms with E-state index in [0.717, 1.165) is 11.3 Å². The number of fused-ring (bicyclic) bond motifs is 1. The number of benzene rings is 2. The molecular weight excluding hydrogens is 463 g/mol. The summed E-state index contributed by atoms with van der Waals surface area (Å²) in [6.45, 7) is 0.